The normalized spacial score (nSPS) is 27.1. The van der Waals surface area contributed by atoms with E-state index >= 15 is 0 Å². The predicted octanol–water partition coefficient (Wildman–Crippen LogP) is -1.06. The Morgan fingerprint density at radius 3 is 2.57 bits per heavy atom. The highest BCUT2D eigenvalue weighted by molar-refractivity contribution is 6.08. The largest absolute Gasteiger partial charge is 0.351 e. The van der Waals surface area contributed by atoms with Gasteiger partial charge in [-0.05, 0) is 6.92 Å². The van der Waals surface area contributed by atoms with Gasteiger partial charge in [0.15, 0.2) is 6.54 Å². The first-order valence-corrected chi connectivity index (χ1v) is 4.55. The Morgan fingerprint density at radius 1 is 1.50 bits per heavy atom. The average Bonchev–Trinajstić information content (AvgIpc) is 2.84. The van der Waals surface area contributed by atoms with E-state index in [0.717, 1.165) is 0 Å². The van der Waals surface area contributed by atoms with Crippen molar-refractivity contribution in [1.82, 2.24) is 5.32 Å². The second kappa shape index (κ2) is 2.75. The van der Waals surface area contributed by atoms with Crippen LogP contribution in [0.15, 0.2) is 12.2 Å². The number of amides is 3. The lowest BCUT2D eigenvalue weighted by Crippen LogP contribution is -2.41. The molecular weight excluding hydrogens is 184 g/mol. The van der Waals surface area contributed by atoms with Crippen molar-refractivity contribution in [2.45, 2.75) is 13.0 Å². The van der Waals surface area contributed by atoms with Gasteiger partial charge in [-0.2, -0.15) is 4.48 Å². The molecule has 2 heterocycles. The molecule has 0 aromatic heterocycles. The maximum Gasteiger partial charge on any atom is 0.347 e. The molecular formula is C9H11N2O3+. The van der Waals surface area contributed by atoms with E-state index in [2.05, 4.69) is 5.32 Å². The molecule has 0 radical (unpaired) electrons. The fourth-order valence-corrected chi connectivity index (χ4v) is 1.81. The van der Waals surface area contributed by atoms with E-state index in [1.165, 1.54) is 12.2 Å². The van der Waals surface area contributed by atoms with Crippen molar-refractivity contribution < 1.29 is 18.9 Å². The van der Waals surface area contributed by atoms with Gasteiger partial charge in [0.2, 0.25) is 6.04 Å². The molecule has 5 heteroatoms. The van der Waals surface area contributed by atoms with Crippen LogP contribution in [0.1, 0.15) is 6.92 Å². The van der Waals surface area contributed by atoms with Crippen molar-refractivity contribution in [3.8, 4) is 0 Å². The number of nitrogens with zero attached hydrogens (tertiary/aromatic N) is 1. The van der Waals surface area contributed by atoms with Gasteiger partial charge in [0.05, 0.1) is 12.2 Å². The monoisotopic (exact) mass is 195 g/mol. The SMILES string of the molecule is CCNC(=O)C1C[N+]12C(=O)C=CC2=O. The molecule has 74 valence electrons. The van der Waals surface area contributed by atoms with Crippen LogP contribution in [-0.4, -0.2) is 41.3 Å². The zero-order valence-electron chi connectivity index (χ0n) is 7.82. The Kier molecular flexibility index (Phi) is 1.78. The van der Waals surface area contributed by atoms with Gasteiger partial charge in [-0.15, -0.1) is 0 Å². The van der Waals surface area contributed by atoms with Crippen LogP contribution in [0.3, 0.4) is 0 Å². The lowest BCUT2D eigenvalue weighted by atomic mass is 10.4. The topological polar surface area (TPSA) is 63.2 Å². The molecule has 0 saturated carbocycles. The summed E-state index contributed by atoms with van der Waals surface area (Å²) in [6.07, 6.45) is 2.50. The molecule has 1 N–H and O–H groups in total. The highest BCUT2D eigenvalue weighted by Gasteiger charge is 2.70. The van der Waals surface area contributed by atoms with Gasteiger partial charge in [0.1, 0.15) is 0 Å². The van der Waals surface area contributed by atoms with Crippen LogP contribution in [0, 0.1) is 0 Å². The first kappa shape index (κ1) is 9.08. The average molecular weight is 195 g/mol. The summed E-state index contributed by atoms with van der Waals surface area (Å²) in [6, 6.07) is -0.495. The van der Waals surface area contributed by atoms with E-state index in [0.29, 0.717) is 13.1 Å². The van der Waals surface area contributed by atoms with Crippen LogP contribution in [-0.2, 0) is 14.4 Å². The molecule has 0 aromatic carbocycles. The van der Waals surface area contributed by atoms with Crippen molar-refractivity contribution in [3.05, 3.63) is 12.2 Å². The lowest BCUT2D eigenvalue weighted by Gasteiger charge is -2.06. The van der Waals surface area contributed by atoms with E-state index in [1.54, 1.807) is 6.92 Å². The standard InChI is InChI=1S/C9H10N2O3/c1-2-10-9(14)6-5-11(6)7(12)3-4-8(11)13/h3-4,6H,2,5H2,1H3/p+1. The van der Waals surface area contributed by atoms with Crippen LogP contribution in [0.4, 0.5) is 0 Å². The van der Waals surface area contributed by atoms with Gasteiger partial charge in [-0.25, -0.2) is 9.59 Å². The fraction of sp³-hybridized carbons (Fsp3) is 0.444. The molecule has 1 fully saturated rings. The molecule has 0 aromatic rings. The van der Waals surface area contributed by atoms with Crippen molar-refractivity contribution in [1.29, 1.82) is 0 Å². The summed E-state index contributed by atoms with van der Waals surface area (Å²) in [5.74, 6) is -0.754. The molecule has 1 atom stereocenters. The van der Waals surface area contributed by atoms with Gasteiger partial charge in [-0.1, -0.05) is 0 Å². The third-order valence-corrected chi connectivity index (χ3v) is 2.67. The molecule has 2 aliphatic rings. The van der Waals surface area contributed by atoms with Crippen molar-refractivity contribution in [3.63, 3.8) is 0 Å². The summed E-state index contributed by atoms with van der Waals surface area (Å²) in [5, 5.41) is 2.61. The molecule has 0 bridgehead atoms. The maximum absolute atomic E-state index is 11.4. The number of nitrogens with one attached hydrogen (secondary N) is 1. The van der Waals surface area contributed by atoms with Crippen LogP contribution >= 0.6 is 0 Å². The summed E-state index contributed by atoms with van der Waals surface area (Å²) in [7, 11) is 0. The molecule has 2 rings (SSSR count). The van der Waals surface area contributed by atoms with E-state index in [1.807, 2.05) is 0 Å². The van der Waals surface area contributed by atoms with E-state index in [-0.39, 0.29) is 22.2 Å². The number of quaternary nitrogens is 1. The fourth-order valence-electron chi connectivity index (χ4n) is 1.81. The van der Waals surface area contributed by atoms with Gasteiger partial charge in [-0.3, -0.25) is 4.79 Å². The molecule has 1 unspecified atom stereocenters. The minimum Gasteiger partial charge on any atom is -0.351 e. The number of likely N-dealkylation sites (N-methyl/N-ethyl adjacent to an activating group) is 1. The summed E-state index contributed by atoms with van der Waals surface area (Å²) >= 11 is 0. The van der Waals surface area contributed by atoms with Gasteiger partial charge < -0.3 is 5.32 Å². The quantitative estimate of drug-likeness (QED) is 0.347. The van der Waals surface area contributed by atoms with Crippen LogP contribution in [0.2, 0.25) is 0 Å². The van der Waals surface area contributed by atoms with Crippen LogP contribution in [0.5, 0.6) is 0 Å². The molecule has 1 spiro atoms. The van der Waals surface area contributed by atoms with E-state index in [9.17, 15) is 14.4 Å². The first-order valence-electron chi connectivity index (χ1n) is 4.55. The maximum atomic E-state index is 11.4. The number of imide groups is 1. The van der Waals surface area contributed by atoms with Crippen molar-refractivity contribution in [2.75, 3.05) is 13.1 Å². The van der Waals surface area contributed by atoms with E-state index in [4.69, 9.17) is 0 Å². The Balaban J connectivity index is 2.14. The Morgan fingerprint density at radius 2 is 2.07 bits per heavy atom. The summed E-state index contributed by atoms with van der Waals surface area (Å²) in [6.45, 7) is 2.64. The third kappa shape index (κ3) is 0.957. The molecule has 2 aliphatic heterocycles. The molecule has 3 amide bonds. The number of carbonyl (C=O) groups is 3. The second-order valence-corrected chi connectivity index (χ2v) is 3.47. The van der Waals surface area contributed by atoms with Crippen molar-refractivity contribution in [2.24, 2.45) is 0 Å². The number of carbonyl (C=O) groups excluding carboxylic acids is 3. The van der Waals surface area contributed by atoms with Gasteiger partial charge in [0, 0.05) is 6.54 Å². The Labute approximate surface area is 81.0 Å². The van der Waals surface area contributed by atoms with Crippen LogP contribution in [0.25, 0.3) is 0 Å². The highest BCUT2D eigenvalue weighted by atomic mass is 16.2. The predicted molar refractivity (Wildman–Crippen MR) is 46.8 cm³/mol. The third-order valence-electron chi connectivity index (χ3n) is 2.67. The highest BCUT2D eigenvalue weighted by Crippen LogP contribution is 2.35. The Hall–Kier alpha value is -1.49. The summed E-state index contributed by atoms with van der Waals surface area (Å²) in [4.78, 5) is 34.1. The number of hydrogen-bond donors (Lipinski definition) is 1. The molecule has 5 nitrogen and oxygen atoms in total. The van der Waals surface area contributed by atoms with Crippen molar-refractivity contribution >= 4 is 17.7 Å². The van der Waals surface area contributed by atoms with Gasteiger partial charge >= 0.3 is 11.8 Å². The zero-order chi connectivity index (χ0) is 10.3. The lowest BCUT2D eigenvalue weighted by molar-refractivity contribution is -0.638. The van der Waals surface area contributed by atoms with E-state index < -0.39 is 6.04 Å². The molecule has 1 saturated heterocycles. The number of rotatable bonds is 2. The molecule has 14 heavy (non-hydrogen) atoms. The second-order valence-electron chi connectivity index (χ2n) is 3.47. The minimum atomic E-state index is -0.495. The number of hydrogen-bond acceptors (Lipinski definition) is 3. The van der Waals surface area contributed by atoms with Gasteiger partial charge in [0.25, 0.3) is 5.91 Å². The summed E-state index contributed by atoms with van der Waals surface area (Å²) < 4.78 is -0.314. The van der Waals surface area contributed by atoms with Crippen LogP contribution < -0.4 is 5.32 Å². The zero-order valence-corrected chi connectivity index (χ0v) is 7.82. The Bertz CT molecular complexity index is 341. The summed E-state index contributed by atoms with van der Waals surface area (Å²) in [5.41, 5.74) is 0. The minimum absolute atomic E-state index is 0.210. The smallest absolute Gasteiger partial charge is 0.347 e. The molecule has 0 aliphatic carbocycles. The first-order chi connectivity index (χ1) is 6.63.